The van der Waals surface area contributed by atoms with Gasteiger partial charge in [0.1, 0.15) is 5.75 Å². The van der Waals surface area contributed by atoms with Crippen LogP contribution in [0.2, 0.25) is 0 Å². The largest absolute Gasteiger partial charge is 0.497 e. The summed E-state index contributed by atoms with van der Waals surface area (Å²) in [7, 11) is 3.49. The number of carbonyl (C=O) groups excluding carboxylic acids is 1. The predicted molar refractivity (Wildman–Crippen MR) is 92.9 cm³/mol. The molecule has 4 nitrogen and oxygen atoms in total. The fraction of sp³-hybridized carbons (Fsp3) is 0.471. The molecule has 1 aromatic heterocycles. The number of nitrogens with zero attached hydrogens (tertiary/aromatic N) is 1. The minimum Gasteiger partial charge on any atom is -0.497 e. The van der Waals surface area contributed by atoms with Crippen LogP contribution in [-0.4, -0.2) is 38.1 Å². The molecule has 0 saturated heterocycles. The van der Waals surface area contributed by atoms with E-state index in [-0.39, 0.29) is 11.3 Å². The number of amides is 1. The molecule has 0 spiro atoms. The summed E-state index contributed by atoms with van der Waals surface area (Å²) in [6.07, 6.45) is 0. The molecular formula is C17H24N2O2S. The van der Waals surface area contributed by atoms with Gasteiger partial charge in [-0.3, -0.25) is 4.79 Å². The number of aryl methyl sites for hydroxylation is 1. The van der Waals surface area contributed by atoms with Crippen LogP contribution in [0.25, 0.3) is 10.1 Å². The van der Waals surface area contributed by atoms with E-state index in [1.165, 1.54) is 11.3 Å². The lowest BCUT2D eigenvalue weighted by atomic mass is 9.93. The van der Waals surface area contributed by atoms with Crippen LogP contribution in [0.4, 0.5) is 0 Å². The van der Waals surface area contributed by atoms with Crippen molar-refractivity contribution < 1.29 is 9.53 Å². The van der Waals surface area contributed by atoms with Crippen LogP contribution in [0.1, 0.15) is 29.1 Å². The summed E-state index contributed by atoms with van der Waals surface area (Å²) in [5, 5.41) is 1.08. The fourth-order valence-electron chi connectivity index (χ4n) is 2.48. The van der Waals surface area contributed by atoms with Crippen molar-refractivity contribution in [3.8, 4) is 5.75 Å². The number of nitrogens with two attached hydrogens (primary N) is 1. The van der Waals surface area contributed by atoms with Crippen LogP contribution in [0.15, 0.2) is 18.2 Å². The predicted octanol–water partition coefficient (Wildman–Crippen LogP) is 3.28. The zero-order valence-corrected chi connectivity index (χ0v) is 14.7. The van der Waals surface area contributed by atoms with Crippen molar-refractivity contribution in [2.75, 3.05) is 27.2 Å². The average molecular weight is 320 g/mol. The topological polar surface area (TPSA) is 55.6 Å². The lowest BCUT2D eigenvalue weighted by molar-refractivity contribution is 0.0745. The minimum absolute atomic E-state index is 0.0548. The maximum Gasteiger partial charge on any atom is 0.263 e. The molecule has 0 bridgehead atoms. The average Bonchev–Trinajstić information content (AvgIpc) is 2.82. The number of methoxy groups -OCH3 is 1. The highest BCUT2D eigenvalue weighted by Gasteiger charge is 2.24. The number of fused-ring (bicyclic) bond motifs is 1. The number of ether oxygens (including phenoxy) is 1. The molecule has 1 heterocycles. The first kappa shape index (κ1) is 16.8. The van der Waals surface area contributed by atoms with Crippen LogP contribution in [0.5, 0.6) is 5.75 Å². The van der Waals surface area contributed by atoms with Crippen molar-refractivity contribution in [2.45, 2.75) is 20.8 Å². The first-order valence-corrected chi connectivity index (χ1v) is 8.13. The second kappa shape index (κ2) is 6.26. The quantitative estimate of drug-likeness (QED) is 0.920. The first-order chi connectivity index (χ1) is 10.3. The monoisotopic (exact) mass is 320 g/mol. The van der Waals surface area contributed by atoms with Crippen LogP contribution < -0.4 is 10.5 Å². The van der Waals surface area contributed by atoms with Gasteiger partial charge in [0.2, 0.25) is 0 Å². The van der Waals surface area contributed by atoms with Crippen molar-refractivity contribution >= 4 is 27.3 Å². The molecule has 2 rings (SSSR count). The van der Waals surface area contributed by atoms with Gasteiger partial charge >= 0.3 is 0 Å². The Labute approximate surface area is 135 Å². The van der Waals surface area contributed by atoms with Crippen LogP contribution in [-0.2, 0) is 0 Å². The summed E-state index contributed by atoms with van der Waals surface area (Å²) in [5.41, 5.74) is 6.70. The van der Waals surface area contributed by atoms with E-state index < -0.39 is 0 Å². The fourth-order valence-corrected chi connectivity index (χ4v) is 3.67. The highest BCUT2D eigenvalue weighted by Crippen LogP contribution is 2.34. The van der Waals surface area contributed by atoms with Crippen molar-refractivity contribution in [1.29, 1.82) is 0 Å². The van der Waals surface area contributed by atoms with E-state index in [1.54, 1.807) is 12.0 Å². The molecule has 2 aromatic rings. The molecule has 1 aromatic carbocycles. The molecule has 0 unspecified atom stereocenters. The van der Waals surface area contributed by atoms with Gasteiger partial charge in [-0.2, -0.15) is 0 Å². The Balaban J connectivity index is 2.34. The number of benzene rings is 1. The van der Waals surface area contributed by atoms with E-state index in [0.29, 0.717) is 13.1 Å². The third kappa shape index (κ3) is 3.25. The Hall–Kier alpha value is -1.59. The van der Waals surface area contributed by atoms with Gasteiger partial charge in [-0.1, -0.05) is 13.8 Å². The molecule has 0 aliphatic carbocycles. The van der Waals surface area contributed by atoms with Gasteiger partial charge in [0.25, 0.3) is 5.91 Å². The minimum atomic E-state index is -0.0851. The number of carbonyl (C=O) groups is 1. The van der Waals surface area contributed by atoms with E-state index in [1.807, 2.05) is 32.2 Å². The van der Waals surface area contributed by atoms with E-state index in [9.17, 15) is 4.79 Å². The molecule has 0 radical (unpaired) electrons. The zero-order chi connectivity index (χ0) is 16.5. The summed E-state index contributed by atoms with van der Waals surface area (Å²) >= 11 is 1.54. The molecule has 0 aliphatic heterocycles. The third-order valence-electron chi connectivity index (χ3n) is 3.90. The third-order valence-corrected chi connectivity index (χ3v) is 5.16. The maximum absolute atomic E-state index is 12.7. The normalized spacial score (nSPS) is 11.7. The van der Waals surface area contributed by atoms with Gasteiger partial charge in [-0.15, -0.1) is 11.3 Å². The smallest absolute Gasteiger partial charge is 0.263 e. The summed E-state index contributed by atoms with van der Waals surface area (Å²) in [4.78, 5) is 15.3. The van der Waals surface area contributed by atoms with Crippen molar-refractivity contribution in [3.05, 3.63) is 28.6 Å². The highest BCUT2D eigenvalue weighted by atomic mass is 32.1. The molecule has 22 heavy (non-hydrogen) atoms. The second-order valence-electron chi connectivity index (χ2n) is 6.45. The lowest BCUT2D eigenvalue weighted by Gasteiger charge is -2.28. The Kier molecular flexibility index (Phi) is 4.78. The Morgan fingerprint density at radius 1 is 1.41 bits per heavy atom. The van der Waals surface area contributed by atoms with E-state index in [2.05, 4.69) is 13.8 Å². The van der Waals surface area contributed by atoms with Crippen LogP contribution in [0, 0.1) is 12.3 Å². The van der Waals surface area contributed by atoms with Gasteiger partial charge in [0.15, 0.2) is 0 Å². The molecule has 5 heteroatoms. The highest BCUT2D eigenvalue weighted by molar-refractivity contribution is 7.21. The summed E-state index contributed by atoms with van der Waals surface area (Å²) in [5.74, 6) is 0.865. The van der Waals surface area contributed by atoms with Gasteiger partial charge in [0, 0.05) is 18.3 Å². The molecule has 2 N–H and O–H groups in total. The summed E-state index contributed by atoms with van der Waals surface area (Å²) < 4.78 is 6.38. The number of rotatable bonds is 5. The molecular weight excluding hydrogens is 296 g/mol. The molecule has 0 atom stereocenters. The van der Waals surface area contributed by atoms with Crippen molar-refractivity contribution in [1.82, 2.24) is 4.90 Å². The Morgan fingerprint density at radius 2 is 2.09 bits per heavy atom. The molecule has 120 valence electrons. The summed E-state index contributed by atoms with van der Waals surface area (Å²) in [6.45, 7) is 7.32. The van der Waals surface area contributed by atoms with Gasteiger partial charge in [-0.05, 0) is 48.0 Å². The Morgan fingerprint density at radius 3 is 2.68 bits per heavy atom. The van der Waals surface area contributed by atoms with Gasteiger partial charge in [-0.25, -0.2) is 0 Å². The van der Waals surface area contributed by atoms with Crippen molar-refractivity contribution in [2.24, 2.45) is 11.1 Å². The number of thiophene rings is 1. The maximum atomic E-state index is 12.7. The molecule has 0 fully saturated rings. The Bertz CT molecular complexity index is 691. The van der Waals surface area contributed by atoms with Crippen LogP contribution >= 0.6 is 11.3 Å². The first-order valence-electron chi connectivity index (χ1n) is 7.32. The SMILES string of the molecule is COc1ccc2sc(C(=O)N(C)CC(C)(C)CN)c(C)c2c1. The van der Waals surface area contributed by atoms with E-state index >= 15 is 0 Å². The second-order valence-corrected chi connectivity index (χ2v) is 7.50. The zero-order valence-electron chi connectivity index (χ0n) is 13.9. The van der Waals surface area contributed by atoms with Gasteiger partial charge < -0.3 is 15.4 Å². The molecule has 0 saturated carbocycles. The van der Waals surface area contributed by atoms with Gasteiger partial charge in [0.05, 0.1) is 12.0 Å². The van der Waals surface area contributed by atoms with Crippen molar-refractivity contribution in [3.63, 3.8) is 0 Å². The summed E-state index contributed by atoms with van der Waals surface area (Å²) in [6, 6.07) is 5.92. The number of hydrogen-bond donors (Lipinski definition) is 1. The molecule has 0 aliphatic rings. The lowest BCUT2D eigenvalue weighted by Crippen LogP contribution is -2.39. The van der Waals surface area contributed by atoms with E-state index in [4.69, 9.17) is 10.5 Å². The van der Waals surface area contributed by atoms with E-state index in [0.717, 1.165) is 26.3 Å². The standard InChI is InChI=1S/C17H24N2O2S/c1-11-13-8-12(21-5)6-7-14(13)22-15(11)16(20)19(4)10-17(2,3)9-18/h6-8H,9-10,18H2,1-5H3. The number of hydrogen-bond acceptors (Lipinski definition) is 4. The van der Waals surface area contributed by atoms with Crippen LogP contribution in [0.3, 0.4) is 0 Å². The molecule has 1 amide bonds.